The van der Waals surface area contributed by atoms with Crippen molar-refractivity contribution in [3.05, 3.63) is 24.3 Å². The number of carbonyl (C=O) groups excluding carboxylic acids is 1. The van der Waals surface area contributed by atoms with E-state index in [4.69, 9.17) is 0 Å². The van der Waals surface area contributed by atoms with Crippen molar-refractivity contribution in [3.8, 4) is 0 Å². The first-order chi connectivity index (χ1) is 9.74. The Morgan fingerprint density at radius 1 is 1.00 bits per heavy atom. The van der Waals surface area contributed by atoms with Gasteiger partial charge in [0.1, 0.15) is 0 Å². The fourth-order valence-electron chi connectivity index (χ4n) is 5.76. The fourth-order valence-corrected chi connectivity index (χ4v) is 5.76. The number of fused-ring (bicyclic) bond motifs is 1. The lowest BCUT2D eigenvalue weighted by molar-refractivity contribution is -0.142. The molecule has 1 aromatic carbocycles. The van der Waals surface area contributed by atoms with Gasteiger partial charge in [0, 0.05) is 6.04 Å². The summed E-state index contributed by atoms with van der Waals surface area (Å²) in [5.41, 5.74) is 1.92. The molecule has 1 aliphatic heterocycles. The number of carbonyl (C=O) groups is 1. The molecule has 104 valence electrons. The van der Waals surface area contributed by atoms with Crippen LogP contribution in [0.5, 0.6) is 0 Å². The molecule has 5 aliphatic rings. The second kappa shape index (κ2) is 3.57. The van der Waals surface area contributed by atoms with Crippen molar-refractivity contribution >= 4 is 17.3 Å². The maximum Gasteiger partial charge on any atom is 0.232 e. The number of rotatable bonds is 0. The highest BCUT2D eigenvalue weighted by atomic mass is 16.2. The molecule has 4 fully saturated rings. The zero-order valence-electron chi connectivity index (χ0n) is 11.6. The molecule has 20 heavy (non-hydrogen) atoms. The van der Waals surface area contributed by atoms with Crippen LogP contribution < -0.4 is 10.6 Å². The van der Waals surface area contributed by atoms with Crippen LogP contribution >= 0.6 is 0 Å². The lowest BCUT2D eigenvalue weighted by atomic mass is 9.47. The van der Waals surface area contributed by atoms with Gasteiger partial charge in [0.15, 0.2) is 0 Å². The van der Waals surface area contributed by atoms with Gasteiger partial charge in [-0.15, -0.1) is 0 Å². The summed E-state index contributed by atoms with van der Waals surface area (Å²) in [6.07, 6.45) is 6.21. The van der Waals surface area contributed by atoms with E-state index in [-0.39, 0.29) is 11.3 Å². The zero-order valence-corrected chi connectivity index (χ0v) is 11.6. The quantitative estimate of drug-likeness (QED) is 0.758. The van der Waals surface area contributed by atoms with Gasteiger partial charge >= 0.3 is 0 Å². The van der Waals surface area contributed by atoms with Crippen molar-refractivity contribution in [2.45, 2.75) is 38.1 Å². The Labute approximate surface area is 119 Å². The molecule has 0 aromatic heterocycles. The van der Waals surface area contributed by atoms with Crippen LogP contribution in [0.25, 0.3) is 0 Å². The van der Waals surface area contributed by atoms with E-state index in [1.807, 2.05) is 18.2 Å². The number of hydrogen-bond acceptors (Lipinski definition) is 2. The largest absolute Gasteiger partial charge is 0.379 e. The highest BCUT2D eigenvalue weighted by Crippen LogP contribution is 2.61. The second-order valence-electron chi connectivity index (χ2n) is 7.39. The van der Waals surface area contributed by atoms with Crippen molar-refractivity contribution in [1.29, 1.82) is 0 Å². The van der Waals surface area contributed by atoms with E-state index in [0.717, 1.165) is 36.1 Å². The van der Waals surface area contributed by atoms with Crippen LogP contribution in [0.2, 0.25) is 0 Å². The van der Waals surface area contributed by atoms with Gasteiger partial charge in [0.2, 0.25) is 5.91 Å². The number of benzene rings is 1. The van der Waals surface area contributed by atoms with E-state index in [9.17, 15) is 4.79 Å². The summed E-state index contributed by atoms with van der Waals surface area (Å²) in [6.45, 7) is 0. The molecule has 1 aromatic rings. The minimum absolute atomic E-state index is 0.145. The molecular formula is C17H20N2O. The Balaban J connectivity index is 1.65. The summed E-state index contributed by atoms with van der Waals surface area (Å²) in [7, 11) is 0. The Morgan fingerprint density at radius 2 is 1.70 bits per heavy atom. The molecule has 3 atom stereocenters. The van der Waals surface area contributed by atoms with Gasteiger partial charge in [0.05, 0.1) is 16.8 Å². The third-order valence-electron chi connectivity index (χ3n) is 6.25. The molecule has 4 aliphatic carbocycles. The van der Waals surface area contributed by atoms with E-state index >= 15 is 0 Å². The molecule has 6 rings (SSSR count). The molecule has 3 unspecified atom stereocenters. The molecule has 4 bridgehead atoms. The molecule has 4 saturated carbocycles. The van der Waals surface area contributed by atoms with E-state index in [0.29, 0.717) is 12.0 Å². The van der Waals surface area contributed by atoms with Crippen molar-refractivity contribution in [2.75, 3.05) is 10.6 Å². The van der Waals surface area contributed by atoms with Gasteiger partial charge < -0.3 is 10.6 Å². The summed E-state index contributed by atoms with van der Waals surface area (Å²) in [6, 6.07) is 8.50. The number of para-hydroxylation sites is 2. The molecule has 0 saturated heterocycles. The minimum Gasteiger partial charge on any atom is -0.379 e. The van der Waals surface area contributed by atoms with Gasteiger partial charge in [-0.25, -0.2) is 0 Å². The second-order valence-corrected chi connectivity index (χ2v) is 7.39. The predicted molar refractivity (Wildman–Crippen MR) is 78.5 cm³/mol. The van der Waals surface area contributed by atoms with Crippen molar-refractivity contribution in [1.82, 2.24) is 0 Å². The van der Waals surface area contributed by atoms with Gasteiger partial charge in [-0.2, -0.15) is 0 Å². The summed E-state index contributed by atoms with van der Waals surface area (Å²) in [5, 5.41) is 6.95. The zero-order chi connectivity index (χ0) is 13.3. The fraction of sp³-hybridized carbons (Fsp3) is 0.588. The predicted octanol–water partition coefficient (Wildman–Crippen LogP) is 3.25. The number of nitrogens with one attached hydrogen (secondary N) is 2. The minimum atomic E-state index is -0.145. The first kappa shape index (κ1) is 11.2. The SMILES string of the molecule is O=C1Nc2ccccc2NC2C3CC4CC(C3)CC12C4. The van der Waals surface area contributed by atoms with Gasteiger partial charge in [0.25, 0.3) is 0 Å². The smallest absolute Gasteiger partial charge is 0.232 e. The number of amides is 1. The molecule has 1 amide bonds. The lowest BCUT2D eigenvalue weighted by Gasteiger charge is -2.59. The molecule has 3 nitrogen and oxygen atoms in total. The van der Waals surface area contributed by atoms with Gasteiger partial charge in [-0.1, -0.05) is 12.1 Å². The molecular weight excluding hydrogens is 248 g/mol. The summed E-state index contributed by atoms with van der Waals surface area (Å²) in [4.78, 5) is 13.0. The first-order valence-electron chi connectivity index (χ1n) is 7.92. The first-order valence-corrected chi connectivity index (χ1v) is 7.92. The molecule has 1 heterocycles. The Kier molecular flexibility index (Phi) is 2.00. The average molecular weight is 268 g/mol. The Bertz CT molecular complexity index is 582. The number of hydrogen-bond donors (Lipinski definition) is 2. The van der Waals surface area contributed by atoms with Crippen molar-refractivity contribution in [3.63, 3.8) is 0 Å². The van der Waals surface area contributed by atoms with Gasteiger partial charge in [-0.05, 0) is 62.0 Å². The van der Waals surface area contributed by atoms with Crippen LogP contribution in [-0.4, -0.2) is 11.9 Å². The van der Waals surface area contributed by atoms with E-state index < -0.39 is 0 Å². The third kappa shape index (κ3) is 1.28. The van der Waals surface area contributed by atoms with Crippen LogP contribution in [0.4, 0.5) is 11.4 Å². The summed E-state index contributed by atoms with van der Waals surface area (Å²) < 4.78 is 0. The van der Waals surface area contributed by atoms with Gasteiger partial charge in [-0.3, -0.25) is 4.79 Å². The van der Waals surface area contributed by atoms with Crippen LogP contribution in [0.1, 0.15) is 32.1 Å². The van der Waals surface area contributed by atoms with Crippen molar-refractivity contribution < 1.29 is 4.79 Å². The van der Waals surface area contributed by atoms with E-state index in [2.05, 4.69) is 16.7 Å². The van der Waals surface area contributed by atoms with Crippen LogP contribution in [0.3, 0.4) is 0 Å². The standard InChI is InChI=1S/C17H20N2O/c20-16-17-8-10-5-11(9-17)7-12(6-10)15(17)18-13-3-1-2-4-14(13)19-16/h1-4,10-12,15,18H,5-9H2,(H,19,20). The summed E-state index contributed by atoms with van der Waals surface area (Å²) in [5.74, 6) is 2.55. The third-order valence-corrected chi connectivity index (χ3v) is 6.25. The van der Waals surface area contributed by atoms with Crippen LogP contribution in [0, 0.1) is 23.2 Å². The molecule has 1 spiro atoms. The number of anilines is 2. The van der Waals surface area contributed by atoms with E-state index in [1.165, 1.54) is 19.3 Å². The van der Waals surface area contributed by atoms with Crippen LogP contribution in [-0.2, 0) is 4.79 Å². The average Bonchev–Trinajstić information content (AvgIpc) is 2.54. The highest BCUT2D eigenvalue weighted by Gasteiger charge is 2.61. The topological polar surface area (TPSA) is 41.1 Å². The summed E-state index contributed by atoms with van der Waals surface area (Å²) >= 11 is 0. The Morgan fingerprint density at radius 3 is 2.45 bits per heavy atom. The van der Waals surface area contributed by atoms with E-state index in [1.54, 1.807) is 0 Å². The lowest BCUT2D eigenvalue weighted by Crippen LogP contribution is -2.62. The maximum atomic E-state index is 13.0. The van der Waals surface area contributed by atoms with Crippen molar-refractivity contribution in [2.24, 2.45) is 23.2 Å². The van der Waals surface area contributed by atoms with Crippen LogP contribution in [0.15, 0.2) is 24.3 Å². The molecule has 3 heteroatoms. The molecule has 0 radical (unpaired) electrons. The normalized spacial score (nSPS) is 44.1. The monoisotopic (exact) mass is 268 g/mol. The Hall–Kier alpha value is -1.51. The highest BCUT2D eigenvalue weighted by molar-refractivity contribution is 6.00. The molecule has 2 N–H and O–H groups in total. The maximum absolute atomic E-state index is 13.0.